The van der Waals surface area contributed by atoms with Crippen LogP contribution >= 0.6 is 0 Å². The second kappa shape index (κ2) is 4.37. The third kappa shape index (κ3) is 1.92. The average molecular weight is 218 g/mol. The highest BCUT2D eigenvalue weighted by molar-refractivity contribution is 5.64. The maximum atomic E-state index is 5.69. The van der Waals surface area contributed by atoms with E-state index < -0.39 is 0 Å². The van der Waals surface area contributed by atoms with E-state index >= 15 is 0 Å². The second-order valence-corrected chi connectivity index (χ2v) is 3.55. The number of para-hydroxylation sites is 1. The number of oxazole rings is 1. The number of hydrogen-bond acceptors (Lipinski definition) is 4. The Hall–Kier alpha value is -1.81. The quantitative estimate of drug-likeness (QED) is 0.859. The lowest BCUT2D eigenvalue weighted by Crippen LogP contribution is -2.04. The summed E-state index contributed by atoms with van der Waals surface area (Å²) < 4.78 is 10.8. The molecule has 1 unspecified atom stereocenters. The Kier molecular flexibility index (Phi) is 2.92. The molecule has 0 saturated heterocycles. The number of nitrogens with two attached hydrogens (primary N) is 1. The van der Waals surface area contributed by atoms with Crippen molar-refractivity contribution in [1.29, 1.82) is 0 Å². The molecule has 1 aromatic heterocycles. The lowest BCUT2D eigenvalue weighted by atomic mass is 10.1. The first-order chi connectivity index (χ1) is 7.72. The maximum absolute atomic E-state index is 5.69. The highest BCUT2D eigenvalue weighted by Crippen LogP contribution is 2.30. The number of methoxy groups -OCH3 is 1. The fourth-order valence-corrected chi connectivity index (χ4v) is 1.47. The molecule has 0 saturated carbocycles. The summed E-state index contributed by atoms with van der Waals surface area (Å²) in [4.78, 5) is 4.12. The number of aromatic nitrogens is 1. The van der Waals surface area contributed by atoms with Crippen molar-refractivity contribution in [2.24, 2.45) is 5.73 Å². The Morgan fingerprint density at radius 2 is 2.12 bits per heavy atom. The molecule has 4 heteroatoms. The van der Waals surface area contributed by atoms with Crippen LogP contribution in [0.3, 0.4) is 0 Å². The summed E-state index contributed by atoms with van der Waals surface area (Å²) in [6.07, 6.45) is 1.66. The van der Waals surface area contributed by atoms with Crippen LogP contribution in [0, 0.1) is 0 Å². The number of benzene rings is 1. The number of hydrogen-bond donors (Lipinski definition) is 1. The van der Waals surface area contributed by atoms with Gasteiger partial charge >= 0.3 is 0 Å². The van der Waals surface area contributed by atoms with Crippen molar-refractivity contribution >= 4 is 0 Å². The van der Waals surface area contributed by atoms with Crippen LogP contribution in [0.2, 0.25) is 0 Å². The molecule has 2 N–H and O–H groups in total. The monoisotopic (exact) mass is 218 g/mol. The molecule has 1 heterocycles. The van der Waals surface area contributed by atoms with Gasteiger partial charge in [-0.25, -0.2) is 4.98 Å². The average Bonchev–Trinajstić information content (AvgIpc) is 2.78. The summed E-state index contributed by atoms with van der Waals surface area (Å²) in [5, 5.41) is 0. The van der Waals surface area contributed by atoms with Gasteiger partial charge in [0.1, 0.15) is 5.75 Å². The van der Waals surface area contributed by atoms with E-state index in [0.717, 1.165) is 11.3 Å². The summed E-state index contributed by atoms with van der Waals surface area (Å²) in [6, 6.07) is 7.42. The third-order valence-corrected chi connectivity index (χ3v) is 2.29. The molecule has 4 nitrogen and oxygen atoms in total. The minimum Gasteiger partial charge on any atom is -0.496 e. The largest absolute Gasteiger partial charge is 0.496 e. The first-order valence-electron chi connectivity index (χ1n) is 5.07. The van der Waals surface area contributed by atoms with Crippen LogP contribution in [0.5, 0.6) is 5.75 Å². The first-order valence-corrected chi connectivity index (χ1v) is 5.07. The number of ether oxygens (including phenoxy) is 1. The number of nitrogens with zero attached hydrogens (tertiary/aromatic N) is 1. The molecular formula is C12H14N2O2. The third-order valence-electron chi connectivity index (χ3n) is 2.29. The Balaban J connectivity index is 2.42. The SMILES string of the molecule is COc1ccccc1-c1cnc(C(C)N)o1. The van der Waals surface area contributed by atoms with Gasteiger partial charge in [-0.3, -0.25) is 0 Å². The van der Waals surface area contributed by atoms with E-state index in [2.05, 4.69) is 4.98 Å². The standard InChI is InChI=1S/C12H14N2O2/c1-8(13)12-14-7-11(16-12)9-5-3-4-6-10(9)15-2/h3-8H,13H2,1-2H3. The molecule has 0 aliphatic carbocycles. The smallest absolute Gasteiger partial charge is 0.211 e. The first kappa shape index (κ1) is 10.7. The van der Waals surface area contributed by atoms with Gasteiger partial charge < -0.3 is 14.9 Å². The van der Waals surface area contributed by atoms with Gasteiger partial charge in [-0.2, -0.15) is 0 Å². The van der Waals surface area contributed by atoms with Crippen LogP contribution in [0.1, 0.15) is 18.9 Å². The van der Waals surface area contributed by atoms with E-state index in [1.54, 1.807) is 13.3 Å². The molecule has 1 aromatic carbocycles. The Bertz CT molecular complexity index is 477. The van der Waals surface area contributed by atoms with Crippen molar-refractivity contribution in [1.82, 2.24) is 4.98 Å². The maximum Gasteiger partial charge on any atom is 0.211 e. The lowest BCUT2D eigenvalue weighted by Gasteiger charge is -2.04. The summed E-state index contributed by atoms with van der Waals surface area (Å²) >= 11 is 0. The molecule has 0 radical (unpaired) electrons. The molecule has 84 valence electrons. The lowest BCUT2D eigenvalue weighted by molar-refractivity contribution is 0.413. The van der Waals surface area contributed by atoms with E-state index in [9.17, 15) is 0 Å². The molecule has 16 heavy (non-hydrogen) atoms. The van der Waals surface area contributed by atoms with E-state index in [4.69, 9.17) is 14.9 Å². The zero-order valence-corrected chi connectivity index (χ0v) is 9.31. The summed E-state index contributed by atoms with van der Waals surface area (Å²) in [5.41, 5.74) is 6.57. The van der Waals surface area contributed by atoms with Crippen molar-refractivity contribution in [3.8, 4) is 17.1 Å². The van der Waals surface area contributed by atoms with Crippen molar-refractivity contribution in [2.45, 2.75) is 13.0 Å². The van der Waals surface area contributed by atoms with E-state index in [-0.39, 0.29) is 6.04 Å². The van der Waals surface area contributed by atoms with Crippen LogP contribution in [0.4, 0.5) is 0 Å². The molecule has 0 spiro atoms. The van der Waals surface area contributed by atoms with Gasteiger partial charge in [0, 0.05) is 0 Å². The topological polar surface area (TPSA) is 61.3 Å². The fourth-order valence-electron chi connectivity index (χ4n) is 1.47. The van der Waals surface area contributed by atoms with Crippen molar-refractivity contribution < 1.29 is 9.15 Å². The zero-order chi connectivity index (χ0) is 11.5. The molecule has 0 fully saturated rings. The Morgan fingerprint density at radius 1 is 1.38 bits per heavy atom. The second-order valence-electron chi connectivity index (χ2n) is 3.55. The summed E-state index contributed by atoms with van der Waals surface area (Å²) in [7, 11) is 1.63. The molecule has 0 aliphatic rings. The van der Waals surface area contributed by atoms with Gasteiger partial charge in [-0.15, -0.1) is 0 Å². The Labute approximate surface area is 94.1 Å². The summed E-state index contributed by atoms with van der Waals surface area (Å²) in [6.45, 7) is 1.83. The van der Waals surface area contributed by atoms with Gasteiger partial charge in [0.25, 0.3) is 0 Å². The molecule has 2 rings (SSSR count). The van der Waals surface area contributed by atoms with Crippen LogP contribution in [0.25, 0.3) is 11.3 Å². The number of rotatable bonds is 3. The molecule has 0 aliphatic heterocycles. The van der Waals surface area contributed by atoms with Gasteiger partial charge in [-0.05, 0) is 19.1 Å². The zero-order valence-electron chi connectivity index (χ0n) is 9.31. The van der Waals surface area contributed by atoms with Crippen LogP contribution in [-0.2, 0) is 0 Å². The minimum atomic E-state index is -0.205. The molecule has 0 bridgehead atoms. The predicted molar refractivity (Wildman–Crippen MR) is 61.1 cm³/mol. The highest BCUT2D eigenvalue weighted by atomic mass is 16.5. The van der Waals surface area contributed by atoms with E-state index in [1.165, 1.54) is 0 Å². The molecule has 0 amide bonds. The van der Waals surface area contributed by atoms with Crippen molar-refractivity contribution in [3.05, 3.63) is 36.4 Å². The van der Waals surface area contributed by atoms with Crippen LogP contribution in [0.15, 0.2) is 34.9 Å². The molecule has 1 atom stereocenters. The normalized spacial score (nSPS) is 12.4. The fraction of sp³-hybridized carbons (Fsp3) is 0.250. The van der Waals surface area contributed by atoms with E-state index in [1.807, 2.05) is 31.2 Å². The summed E-state index contributed by atoms with van der Waals surface area (Å²) in [5.74, 6) is 1.96. The van der Waals surface area contributed by atoms with Gasteiger partial charge in [0.05, 0.1) is 24.9 Å². The molecule has 2 aromatic rings. The highest BCUT2D eigenvalue weighted by Gasteiger charge is 2.12. The minimum absolute atomic E-state index is 0.205. The Morgan fingerprint density at radius 3 is 2.75 bits per heavy atom. The van der Waals surface area contributed by atoms with Crippen LogP contribution in [-0.4, -0.2) is 12.1 Å². The van der Waals surface area contributed by atoms with Crippen LogP contribution < -0.4 is 10.5 Å². The van der Waals surface area contributed by atoms with Crippen molar-refractivity contribution in [3.63, 3.8) is 0 Å². The van der Waals surface area contributed by atoms with Gasteiger partial charge in [0.2, 0.25) is 5.89 Å². The van der Waals surface area contributed by atoms with Gasteiger partial charge in [0.15, 0.2) is 5.76 Å². The predicted octanol–water partition coefficient (Wildman–Crippen LogP) is 2.37. The van der Waals surface area contributed by atoms with Crippen molar-refractivity contribution in [2.75, 3.05) is 7.11 Å². The van der Waals surface area contributed by atoms with Gasteiger partial charge in [-0.1, -0.05) is 12.1 Å². The molecular weight excluding hydrogens is 204 g/mol. The van der Waals surface area contributed by atoms with E-state index in [0.29, 0.717) is 11.7 Å².